The van der Waals surface area contributed by atoms with E-state index in [9.17, 15) is 21.9 Å². The molecule has 4 aromatic rings. The number of aryl methyl sites for hydroxylation is 6. The molecule has 0 aromatic heterocycles. The van der Waals surface area contributed by atoms with Gasteiger partial charge in [0.1, 0.15) is 18.1 Å². The molecule has 0 fully saturated rings. The first-order chi connectivity index (χ1) is 21.1. The summed E-state index contributed by atoms with van der Waals surface area (Å²) in [4.78, 5) is 1.19. The third-order valence-corrected chi connectivity index (χ3v) is 10.8. The third-order valence-electron chi connectivity index (χ3n) is 6.64. The lowest BCUT2D eigenvalue weighted by molar-refractivity contribution is 0.295. The van der Waals surface area contributed by atoms with Crippen LogP contribution in [0, 0.1) is 41.5 Å². The Morgan fingerprint density at radius 3 is 1.29 bits per heavy atom. The molecule has 0 aliphatic rings. The van der Waals surface area contributed by atoms with E-state index in [0.717, 1.165) is 39.8 Å². The number of aliphatic hydroxyl groups is 1. The summed E-state index contributed by atoms with van der Waals surface area (Å²) in [6.07, 6.45) is 0.875. The largest absolute Gasteiger partial charge is 0.508 e. The van der Waals surface area contributed by atoms with Crippen LogP contribution in [0.4, 0.5) is 0 Å². The molecule has 10 heteroatoms. The summed E-state index contributed by atoms with van der Waals surface area (Å²) in [5.74, 6) is 0.665. The second kappa shape index (κ2) is 16.6. The van der Waals surface area contributed by atoms with Crippen LogP contribution in [0.2, 0.25) is 0 Å². The van der Waals surface area contributed by atoms with Crippen molar-refractivity contribution >= 4 is 19.7 Å². The molecular formula is C35H45NO7S2. The lowest BCUT2D eigenvalue weighted by Crippen LogP contribution is -2.11. The number of nitrogens with two attached hydrogens (primary N) is 1. The molecule has 45 heavy (non-hydrogen) atoms. The lowest BCUT2D eigenvalue weighted by atomic mass is 10.1. The maximum Gasteiger partial charge on any atom is 0.207 e. The van der Waals surface area contributed by atoms with Crippen molar-refractivity contribution in [3.63, 3.8) is 0 Å². The number of aromatic hydroxyl groups is 1. The monoisotopic (exact) mass is 655 g/mol. The predicted molar refractivity (Wildman–Crippen MR) is 179 cm³/mol. The van der Waals surface area contributed by atoms with Crippen molar-refractivity contribution in [3.05, 3.63) is 106 Å². The summed E-state index contributed by atoms with van der Waals surface area (Å²) >= 11 is 0. The Morgan fingerprint density at radius 1 is 0.644 bits per heavy atom. The standard InChI is InChI=1S/C17H21NO3S.C15H16O3S.C3H8O/c1-12-10-13(2)17(14(3)11-12)22(19,20)16-6-4-15(5-7-16)21-9-8-18;1-10-8-11(2)15(12(3)9-10)19(17,18)14-6-4-13(16)5-7-14;1-2-3-4/h4-7,10-11H,8-9,18H2,1-3H3;4-9,16H,1-3H3;4H,2-3H2,1H3. The molecule has 4 N–H and O–H groups in total. The molecule has 0 unspecified atom stereocenters. The smallest absolute Gasteiger partial charge is 0.207 e. The van der Waals surface area contributed by atoms with Crippen LogP contribution in [0.25, 0.3) is 0 Å². The molecule has 4 rings (SSSR count). The van der Waals surface area contributed by atoms with E-state index >= 15 is 0 Å². The molecule has 4 aromatic carbocycles. The topological polar surface area (TPSA) is 144 Å². The number of aliphatic hydroxyl groups excluding tert-OH is 1. The van der Waals surface area contributed by atoms with Crippen molar-refractivity contribution in [3.8, 4) is 11.5 Å². The van der Waals surface area contributed by atoms with Crippen LogP contribution in [-0.4, -0.2) is 46.8 Å². The highest BCUT2D eigenvalue weighted by molar-refractivity contribution is 7.92. The van der Waals surface area contributed by atoms with E-state index in [1.807, 2.05) is 58.9 Å². The molecule has 244 valence electrons. The van der Waals surface area contributed by atoms with Crippen molar-refractivity contribution in [1.29, 1.82) is 0 Å². The number of sulfone groups is 2. The molecule has 0 spiro atoms. The second-order valence-corrected chi connectivity index (χ2v) is 14.6. The van der Waals surface area contributed by atoms with Crippen molar-refractivity contribution in [2.24, 2.45) is 5.73 Å². The first kappa shape index (κ1) is 37.5. The Balaban J connectivity index is 0.000000283. The molecule has 0 aliphatic carbocycles. The summed E-state index contributed by atoms with van der Waals surface area (Å²) in [7, 11) is -7.08. The molecular weight excluding hydrogens is 611 g/mol. The molecule has 0 aliphatic heterocycles. The predicted octanol–water partition coefficient (Wildman–Crippen LogP) is 6.32. The minimum absolute atomic E-state index is 0.0521. The van der Waals surface area contributed by atoms with Crippen molar-refractivity contribution < 1.29 is 31.8 Å². The zero-order valence-electron chi connectivity index (χ0n) is 27.1. The summed E-state index contributed by atoms with van der Waals surface area (Å²) in [6.45, 7) is 14.2. The number of rotatable bonds is 8. The highest BCUT2D eigenvalue weighted by Crippen LogP contribution is 2.30. The van der Waals surface area contributed by atoms with Gasteiger partial charge in [0.05, 0.1) is 19.6 Å². The van der Waals surface area contributed by atoms with Gasteiger partial charge in [0, 0.05) is 13.2 Å². The Bertz CT molecular complexity index is 1730. The maximum absolute atomic E-state index is 12.9. The molecule has 0 atom stereocenters. The quantitative estimate of drug-likeness (QED) is 0.200. The molecule has 0 radical (unpaired) electrons. The lowest BCUT2D eigenvalue weighted by Gasteiger charge is -2.13. The van der Waals surface area contributed by atoms with Gasteiger partial charge >= 0.3 is 0 Å². The van der Waals surface area contributed by atoms with Gasteiger partial charge in [0.15, 0.2) is 0 Å². The van der Waals surface area contributed by atoms with Crippen LogP contribution in [0.3, 0.4) is 0 Å². The van der Waals surface area contributed by atoms with E-state index in [1.165, 1.54) is 24.3 Å². The summed E-state index contributed by atoms with van der Waals surface area (Å²) < 4.78 is 56.3. The molecule has 0 amide bonds. The SMILES string of the molecule is CCCO.Cc1cc(C)c(S(=O)(=O)c2ccc(O)cc2)c(C)c1.Cc1cc(C)c(S(=O)(=O)c2ccc(OCCN)cc2)c(C)c1. The number of hydrogen-bond acceptors (Lipinski definition) is 8. The third kappa shape index (κ3) is 9.89. The average molecular weight is 656 g/mol. The van der Waals surface area contributed by atoms with Gasteiger partial charge in [-0.15, -0.1) is 0 Å². The fourth-order valence-electron chi connectivity index (χ4n) is 4.93. The molecule has 8 nitrogen and oxygen atoms in total. The van der Waals surface area contributed by atoms with Gasteiger partial charge in [0.25, 0.3) is 0 Å². The molecule has 0 heterocycles. The fraction of sp³-hybridized carbons (Fsp3) is 0.314. The Labute approximate surface area is 268 Å². The zero-order chi connectivity index (χ0) is 33.9. The first-order valence-electron chi connectivity index (χ1n) is 14.6. The summed E-state index contributed by atoms with van der Waals surface area (Å²) in [5, 5.41) is 17.1. The van der Waals surface area contributed by atoms with Crippen molar-refractivity contribution in [1.82, 2.24) is 0 Å². The van der Waals surface area contributed by atoms with Crippen LogP contribution >= 0.6 is 0 Å². The molecule has 0 saturated carbocycles. The van der Waals surface area contributed by atoms with Crippen LogP contribution in [-0.2, 0) is 19.7 Å². The van der Waals surface area contributed by atoms with Crippen LogP contribution in [0.5, 0.6) is 11.5 Å². The van der Waals surface area contributed by atoms with Crippen molar-refractivity contribution in [2.45, 2.75) is 74.5 Å². The normalized spacial score (nSPS) is 11.1. The average Bonchev–Trinajstić information content (AvgIpc) is 2.95. The number of hydrogen-bond donors (Lipinski definition) is 3. The van der Waals surface area contributed by atoms with Crippen LogP contribution in [0.15, 0.2) is 92.4 Å². The highest BCUT2D eigenvalue weighted by Gasteiger charge is 2.23. The van der Waals surface area contributed by atoms with Gasteiger partial charge in [0.2, 0.25) is 19.7 Å². The van der Waals surface area contributed by atoms with Crippen LogP contribution in [0.1, 0.15) is 46.7 Å². The molecule has 0 saturated heterocycles. The molecule has 0 bridgehead atoms. The fourth-order valence-corrected chi connectivity index (χ4v) is 8.33. The number of ether oxygens (including phenoxy) is 1. The van der Waals surface area contributed by atoms with Gasteiger partial charge < -0.3 is 20.7 Å². The Morgan fingerprint density at radius 2 is 0.978 bits per heavy atom. The van der Waals surface area contributed by atoms with E-state index in [4.69, 9.17) is 15.6 Å². The minimum Gasteiger partial charge on any atom is -0.508 e. The summed E-state index contributed by atoms with van der Waals surface area (Å²) in [5.41, 5.74) is 10.5. The van der Waals surface area contributed by atoms with Gasteiger partial charge in [-0.25, -0.2) is 16.8 Å². The van der Waals surface area contributed by atoms with Gasteiger partial charge in [-0.3, -0.25) is 0 Å². The summed E-state index contributed by atoms with van der Waals surface area (Å²) in [6, 6.07) is 19.5. The Kier molecular flexibility index (Phi) is 13.8. The van der Waals surface area contributed by atoms with Gasteiger partial charge in [-0.2, -0.15) is 0 Å². The number of benzene rings is 4. The second-order valence-electron chi connectivity index (χ2n) is 10.8. The van der Waals surface area contributed by atoms with E-state index in [2.05, 4.69) is 0 Å². The van der Waals surface area contributed by atoms with E-state index in [1.54, 1.807) is 38.1 Å². The maximum atomic E-state index is 12.9. The van der Waals surface area contributed by atoms with Gasteiger partial charge in [-0.05, 0) is 119 Å². The minimum atomic E-state index is -3.54. The van der Waals surface area contributed by atoms with E-state index in [-0.39, 0.29) is 15.5 Å². The van der Waals surface area contributed by atoms with E-state index < -0.39 is 19.7 Å². The van der Waals surface area contributed by atoms with Crippen molar-refractivity contribution in [2.75, 3.05) is 19.8 Å². The van der Waals surface area contributed by atoms with E-state index in [0.29, 0.717) is 35.3 Å². The Hall–Kier alpha value is -3.70. The number of phenols is 1. The van der Waals surface area contributed by atoms with Gasteiger partial charge in [-0.1, -0.05) is 42.3 Å². The number of phenolic OH excluding ortho intramolecular Hbond substituents is 1. The highest BCUT2D eigenvalue weighted by atomic mass is 32.2. The van der Waals surface area contributed by atoms with Crippen LogP contribution < -0.4 is 10.5 Å². The zero-order valence-corrected chi connectivity index (χ0v) is 28.7. The first-order valence-corrected chi connectivity index (χ1v) is 17.5.